The van der Waals surface area contributed by atoms with Crippen molar-refractivity contribution in [3.8, 4) is 0 Å². The zero-order valence-corrected chi connectivity index (χ0v) is 6.87. The monoisotopic (exact) mass is 148 g/mol. The molecule has 1 aliphatic rings. The van der Waals surface area contributed by atoms with Gasteiger partial charge in [-0.25, -0.2) is 0 Å². The van der Waals surface area contributed by atoms with Gasteiger partial charge >= 0.3 is 0 Å². The molecule has 0 aromatic heterocycles. The Morgan fingerprint density at radius 3 is 2.27 bits per heavy atom. The number of hydrogen-bond donors (Lipinski definition) is 0. The predicted octanol–water partition coefficient (Wildman–Crippen LogP) is 2.32. The molecular formula is C10H12O. The smallest absolute Gasteiger partial charge is 0.117 e. The molecule has 1 aromatic carbocycles. The van der Waals surface area contributed by atoms with Crippen LogP contribution in [0, 0.1) is 0 Å². The van der Waals surface area contributed by atoms with Crippen LogP contribution in [0.3, 0.4) is 0 Å². The van der Waals surface area contributed by atoms with E-state index in [0.29, 0.717) is 6.10 Å². The van der Waals surface area contributed by atoms with Gasteiger partial charge in [0.1, 0.15) is 5.60 Å². The highest BCUT2D eigenvalue weighted by Gasteiger charge is 2.49. The minimum atomic E-state index is 0.00125. The Labute approximate surface area is 67.0 Å². The number of epoxide rings is 1. The topological polar surface area (TPSA) is 12.5 Å². The average Bonchev–Trinajstić information content (AvgIpc) is 2.64. The first-order valence-corrected chi connectivity index (χ1v) is 3.97. The van der Waals surface area contributed by atoms with Gasteiger partial charge in [-0.3, -0.25) is 0 Å². The molecular weight excluding hydrogens is 136 g/mol. The van der Waals surface area contributed by atoms with E-state index < -0.39 is 0 Å². The van der Waals surface area contributed by atoms with Gasteiger partial charge in [0, 0.05) is 0 Å². The van der Waals surface area contributed by atoms with Crippen molar-refractivity contribution < 1.29 is 4.74 Å². The summed E-state index contributed by atoms with van der Waals surface area (Å²) in [6.07, 6.45) is 0.380. The second kappa shape index (κ2) is 2.08. The van der Waals surface area contributed by atoms with Crippen LogP contribution in [0.25, 0.3) is 0 Å². The first kappa shape index (κ1) is 6.86. The minimum Gasteiger partial charge on any atom is -0.362 e. The Bertz CT molecular complexity index is 255. The molecule has 2 rings (SSSR count). The molecule has 0 N–H and O–H groups in total. The number of benzene rings is 1. The van der Waals surface area contributed by atoms with E-state index in [4.69, 9.17) is 4.74 Å². The first-order valence-electron chi connectivity index (χ1n) is 3.97. The lowest BCUT2D eigenvalue weighted by Crippen LogP contribution is -2.04. The van der Waals surface area contributed by atoms with E-state index in [1.54, 1.807) is 0 Å². The summed E-state index contributed by atoms with van der Waals surface area (Å²) in [4.78, 5) is 0. The summed E-state index contributed by atoms with van der Waals surface area (Å²) in [5, 5.41) is 0. The van der Waals surface area contributed by atoms with Crippen molar-refractivity contribution in [2.75, 3.05) is 0 Å². The molecule has 0 bridgehead atoms. The van der Waals surface area contributed by atoms with Crippen LogP contribution in [0.2, 0.25) is 0 Å². The van der Waals surface area contributed by atoms with Gasteiger partial charge in [0.15, 0.2) is 0 Å². The van der Waals surface area contributed by atoms with E-state index in [1.165, 1.54) is 5.56 Å². The highest BCUT2D eigenvalue weighted by molar-refractivity contribution is 5.27. The fourth-order valence-electron chi connectivity index (χ4n) is 1.41. The van der Waals surface area contributed by atoms with Crippen LogP contribution in [0.5, 0.6) is 0 Å². The molecule has 0 saturated carbocycles. The van der Waals surface area contributed by atoms with Crippen LogP contribution < -0.4 is 0 Å². The molecule has 1 fully saturated rings. The summed E-state index contributed by atoms with van der Waals surface area (Å²) in [6.45, 7) is 4.24. The average molecular weight is 148 g/mol. The summed E-state index contributed by atoms with van der Waals surface area (Å²) < 4.78 is 5.49. The standard InChI is InChI=1S/C10H12O/c1-8-10(2,11-8)9-6-4-3-5-7-9/h3-8H,1-2H3/t8-,10+/m0/s1. The molecule has 1 nitrogen and oxygen atoms in total. The van der Waals surface area contributed by atoms with E-state index in [2.05, 4.69) is 38.1 Å². The largest absolute Gasteiger partial charge is 0.362 e. The molecule has 2 atom stereocenters. The van der Waals surface area contributed by atoms with Crippen LogP contribution in [0.4, 0.5) is 0 Å². The van der Waals surface area contributed by atoms with E-state index in [-0.39, 0.29) is 5.60 Å². The van der Waals surface area contributed by atoms with Crippen molar-refractivity contribution in [3.63, 3.8) is 0 Å². The van der Waals surface area contributed by atoms with Gasteiger partial charge in [-0.15, -0.1) is 0 Å². The van der Waals surface area contributed by atoms with Gasteiger partial charge < -0.3 is 4.74 Å². The van der Waals surface area contributed by atoms with Gasteiger partial charge in [0.25, 0.3) is 0 Å². The first-order chi connectivity index (χ1) is 5.23. The van der Waals surface area contributed by atoms with Crippen molar-refractivity contribution in [1.29, 1.82) is 0 Å². The van der Waals surface area contributed by atoms with E-state index in [0.717, 1.165) is 0 Å². The van der Waals surface area contributed by atoms with Crippen LogP contribution in [-0.4, -0.2) is 6.10 Å². The maximum Gasteiger partial charge on any atom is 0.117 e. The fourth-order valence-corrected chi connectivity index (χ4v) is 1.41. The van der Waals surface area contributed by atoms with Crippen LogP contribution >= 0.6 is 0 Å². The molecule has 0 radical (unpaired) electrons. The summed E-state index contributed by atoms with van der Waals surface area (Å²) in [7, 11) is 0. The zero-order valence-electron chi connectivity index (χ0n) is 6.87. The van der Waals surface area contributed by atoms with Gasteiger partial charge in [0.05, 0.1) is 6.10 Å². The van der Waals surface area contributed by atoms with Crippen molar-refractivity contribution in [2.24, 2.45) is 0 Å². The molecule has 0 amide bonds. The Morgan fingerprint density at radius 2 is 1.82 bits per heavy atom. The predicted molar refractivity (Wildman–Crippen MR) is 44.3 cm³/mol. The highest BCUT2D eigenvalue weighted by atomic mass is 16.6. The van der Waals surface area contributed by atoms with E-state index >= 15 is 0 Å². The van der Waals surface area contributed by atoms with E-state index in [1.807, 2.05) is 6.07 Å². The molecule has 1 aliphatic heterocycles. The summed E-state index contributed by atoms with van der Waals surface area (Å²) in [5.74, 6) is 0. The van der Waals surface area contributed by atoms with Gasteiger partial charge in [0.2, 0.25) is 0 Å². The number of rotatable bonds is 1. The Kier molecular flexibility index (Phi) is 1.30. The lowest BCUT2D eigenvalue weighted by molar-refractivity contribution is 0.316. The molecule has 11 heavy (non-hydrogen) atoms. The van der Waals surface area contributed by atoms with Crippen molar-refractivity contribution >= 4 is 0 Å². The Morgan fingerprint density at radius 1 is 1.27 bits per heavy atom. The molecule has 0 unspecified atom stereocenters. The molecule has 1 saturated heterocycles. The molecule has 58 valence electrons. The maximum absolute atomic E-state index is 5.49. The Balaban J connectivity index is 2.32. The highest BCUT2D eigenvalue weighted by Crippen LogP contribution is 2.45. The third kappa shape index (κ3) is 0.962. The van der Waals surface area contributed by atoms with Crippen molar-refractivity contribution in [2.45, 2.75) is 25.6 Å². The van der Waals surface area contributed by atoms with Crippen molar-refractivity contribution in [1.82, 2.24) is 0 Å². The summed E-state index contributed by atoms with van der Waals surface area (Å²) in [6, 6.07) is 10.4. The van der Waals surface area contributed by atoms with E-state index in [9.17, 15) is 0 Å². The Hall–Kier alpha value is -0.820. The maximum atomic E-state index is 5.49. The minimum absolute atomic E-state index is 0.00125. The van der Waals surface area contributed by atoms with Crippen LogP contribution in [0.15, 0.2) is 30.3 Å². The third-order valence-electron chi connectivity index (χ3n) is 2.49. The van der Waals surface area contributed by atoms with Gasteiger partial charge in [-0.2, -0.15) is 0 Å². The molecule has 1 heteroatoms. The number of ether oxygens (including phenoxy) is 1. The second-order valence-electron chi connectivity index (χ2n) is 3.23. The normalized spacial score (nSPS) is 35.3. The lowest BCUT2D eigenvalue weighted by Gasteiger charge is -2.03. The van der Waals surface area contributed by atoms with Crippen molar-refractivity contribution in [3.05, 3.63) is 35.9 Å². The molecule has 0 spiro atoms. The molecule has 1 heterocycles. The quantitative estimate of drug-likeness (QED) is 0.557. The summed E-state index contributed by atoms with van der Waals surface area (Å²) >= 11 is 0. The van der Waals surface area contributed by atoms with Crippen LogP contribution in [-0.2, 0) is 10.3 Å². The second-order valence-corrected chi connectivity index (χ2v) is 3.23. The lowest BCUT2D eigenvalue weighted by atomic mass is 9.98. The SMILES string of the molecule is C[C@@H]1O[C@@]1(C)c1ccccc1. The summed E-state index contributed by atoms with van der Waals surface area (Å²) in [5.41, 5.74) is 1.29. The zero-order chi connectivity index (χ0) is 7.90. The number of hydrogen-bond acceptors (Lipinski definition) is 1. The fraction of sp³-hybridized carbons (Fsp3) is 0.400. The van der Waals surface area contributed by atoms with Gasteiger partial charge in [-0.05, 0) is 19.4 Å². The van der Waals surface area contributed by atoms with Crippen LogP contribution in [0.1, 0.15) is 19.4 Å². The third-order valence-corrected chi connectivity index (χ3v) is 2.49. The molecule has 0 aliphatic carbocycles. The molecule has 1 aromatic rings. The van der Waals surface area contributed by atoms with Gasteiger partial charge in [-0.1, -0.05) is 30.3 Å².